The molecule has 1 aromatic rings. The first-order chi connectivity index (χ1) is 12.8. The summed E-state index contributed by atoms with van der Waals surface area (Å²) >= 11 is 0. The molecule has 0 aliphatic heterocycles. The molecule has 1 unspecified atom stereocenters. The lowest BCUT2D eigenvalue weighted by Crippen LogP contribution is -2.50. The second kappa shape index (κ2) is 9.71. The molecule has 1 rings (SSSR count). The molecule has 0 aliphatic carbocycles. The number of nitrogens with zero attached hydrogens (tertiary/aromatic N) is 1. The van der Waals surface area contributed by atoms with E-state index in [4.69, 9.17) is 14.1 Å². The quantitative estimate of drug-likeness (QED) is 0.433. The summed E-state index contributed by atoms with van der Waals surface area (Å²) < 4.78 is 37.6. The molecule has 0 aliphatic rings. The maximum atomic E-state index is 12.7. The van der Waals surface area contributed by atoms with Gasteiger partial charge in [-0.15, -0.1) is 0 Å². The lowest BCUT2D eigenvalue weighted by molar-refractivity contribution is -0.177. The number of benzene rings is 1. The topological polar surface area (TPSA) is 134 Å². The number of alkyl carbamates (subject to hydrolysis) is 1. The van der Waals surface area contributed by atoms with Crippen molar-refractivity contribution in [2.24, 2.45) is 0 Å². The molecule has 11 heteroatoms. The van der Waals surface area contributed by atoms with Crippen LogP contribution in [0.15, 0.2) is 24.3 Å². The van der Waals surface area contributed by atoms with Gasteiger partial charge in [-0.1, -0.05) is 12.1 Å². The monoisotopic (exact) mass is 417 g/mol. The molecule has 0 saturated heterocycles. The predicted molar refractivity (Wildman–Crippen MR) is 103 cm³/mol. The zero-order valence-corrected chi connectivity index (χ0v) is 17.4. The number of hydrogen-bond donors (Lipinski definition) is 3. The van der Waals surface area contributed by atoms with Gasteiger partial charge >= 0.3 is 16.4 Å². The van der Waals surface area contributed by atoms with Gasteiger partial charge in [0, 0.05) is 13.0 Å². The lowest BCUT2D eigenvalue weighted by Gasteiger charge is -2.26. The Hall–Kier alpha value is -2.37. The Kier molecular flexibility index (Phi) is 8.21. The maximum absolute atomic E-state index is 12.7. The van der Waals surface area contributed by atoms with Crippen molar-refractivity contribution >= 4 is 28.0 Å². The highest BCUT2D eigenvalue weighted by Crippen LogP contribution is 2.14. The van der Waals surface area contributed by atoms with Crippen molar-refractivity contribution in [3.05, 3.63) is 29.8 Å². The van der Waals surface area contributed by atoms with Gasteiger partial charge < -0.3 is 10.1 Å². The molecule has 0 saturated carbocycles. The highest BCUT2D eigenvalue weighted by molar-refractivity contribution is 7.87. The minimum atomic E-state index is -4.38. The zero-order chi connectivity index (χ0) is 21.5. The van der Waals surface area contributed by atoms with Crippen molar-refractivity contribution < 1.29 is 32.1 Å². The van der Waals surface area contributed by atoms with Crippen LogP contribution >= 0.6 is 0 Å². The number of carbonyl (C=O) groups excluding carboxylic acids is 2. The number of ether oxygens (including phenoxy) is 1. The highest BCUT2D eigenvalue weighted by atomic mass is 32.2. The summed E-state index contributed by atoms with van der Waals surface area (Å²) in [7, 11) is -3.03. The Morgan fingerprint density at radius 3 is 2.21 bits per heavy atom. The number of amides is 2. The third-order valence-corrected chi connectivity index (χ3v) is 3.88. The van der Waals surface area contributed by atoms with E-state index in [1.165, 1.54) is 19.2 Å². The summed E-state index contributed by atoms with van der Waals surface area (Å²) in [5.74, 6) is -0.462. The van der Waals surface area contributed by atoms with E-state index in [0.717, 1.165) is 5.06 Å². The van der Waals surface area contributed by atoms with Gasteiger partial charge in [0.2, 0.25) is 0 Å². The van der Waals surface area contributed by atoms with Crippen LogP contribution in [0.4, 0.5) is 10.5 Å². The number of likely N-dealkylation sites (N-methyl/N-ethyl adjacent to an activating group) is 1. The smallest absolute Gasteiger partial charge is 0.408 e. The number of nitrogens with one attached hydrogen (secondary N) is 2. The fourth-order valence-corrected chi connectivity index (χ4v) is 2.73. The van der Waals surface area contributed by atoms with Gasteiger partial charge in [0.15, 0.2) is 0 Å². The van der Waals surface area contributed by atoms with Crippen molar-refractivity contribution in [2.45, 2.75) is 45.8 Å². The van der Waals surface area contributed by atoms with E-state index in [0.29, 0.717) is 5.56 Å². The average molecular weight is 417 g/mol. The number of hydrogen-bond acceptors (Lipinski definition) is 6. The summed E-state index contributed by atoms with van der Waals surface area (Å²) in [6.07, 6.45) is -0.632. The van der Waals surface area contributed by atoms with E-state index in [2.05, 4.69) is 5.32 Å². The van der Waals surface area contributed by atoms with E-state index in [1.54, 1.807) is 39.8 Å². The zero-order valence-electron chi connectivity index (χ0n) is 16.6. The van der Waals surface area contributed by atoms with E-state index in [-0.39, 0.29) is 18.7 Å². The van der Waals surface area contributed by atoms with E-state index in [9.17, 15) is 18.0 Å². The fraction of sp³-hybridized carbons (Fsp3) is 0.529. The lowest BCUT2D eigenvalue weighted by atomic mass is 10.0. The molecule has 0 spiro atoms. The molecule has 28 heavy (non-hydrogen) atoms. The summed E-state index contributed by atoms with van der Waals surface area (Å²) in [4.78, 5) is 29.8. The number of anilines is 1. The van der Waals surface area contributed by atoms with E-state index < -0.39 is 33.9 Å². The van der Waals surface area contributed by atoms with Crippen molar-refractivity contribution in [3.63, 3.8) is 0 Å². The van der Waals surface area contributed by atoms with Gasteiger partial charge in [-0.2, -0.15) is 8.42 Å². The molecular weight excluding hydrogens is 390 g/mol. The largest absolute Gasteiger partial charge is 0.444 e. The first kappa shape index (κ1) is 23.7. The normalized spacial score (nSPS) is 12.8. The third-order valence-electron chi connectivity index (χ3n) is 3.38. The molecular formula is C17H27N3O7S. The Morgan fingerprint density at radius 2 is 1.79 bits per heavy atom. The SMILES string of the molecule is CCN(OC)C(=O)C(Cc1ccc(NS(=O)(=O)O)cc1)NC(=O)OC(C)(C)C. The Labute approximate surface area is 165 Å². The first-order valence-electron chi connectivity index (χ1n) is 8.53. The second-order valence-corrected chi connectivity index (χ2v) is 8.05. The maximum Gasteiger partial charge on any atom is 0.408 e. The molecule has 1 atom stereocenters. The van der Waals surface area contributed by atoms with Gasteiger partial charge in [0.25, 0.3) is 5.91 Å². The van der Waals surface area contributed by atoms with Crippen LogP contribution in [0.5, 0.6) is 0 Å². The fourth-order valence-electron chi connectivity index (χ4n) is 2.29. The number of carbonyl (C=O) groups is 2. The minimum absolute atomic E-state index is 0.115. The molecule has 1 aromatic carbocycles. The first-order valence-corrected chi connectivity index (χ1v) is 9.97. The molecule has 0 radical (unpaired) electrons. The van der Waals surface area contributed by atoms with Crippen molar-refractivity contribution in [1.29, 1.82) is 0 Å². The van der Waals surface area contributed by atoms with Gasteiger partial charge in [-0.3, -0.25) is 18.9 Å². The van der Waals surface area contributed by atoms with Crippen LogP contribution < -0.4 is 10.0 Å². The van der Waals surface area contributed by atoms with Crippen LogP contribution in [0.3, 0.4) is 0 Å². The standard InChI is InChI=1S/C17H27N3O7S/c1-6-20(26-5)15(21)14(18-16(22)27-17(2,3)4)11-12-7-9-13(10-8-12)19-28(23,24)25/h7-10,14,19H,6,11H2,1-5H3,(H,18,22)(H,23,24,25). The van der Waals surface area contributed by atoms with Gasteiger partial charge in [-0.05, 0) is 45.4 Å². The predicted octanol–water partition coefficient (Wildman–Crippen LogP) is 1.75. The molecule has 0 bridgehead atoms. The van der Waals surface area contributed by atoms with Crippen LogP contribution in [0, 0.1) is 0 Å². The van der Waals surface area contributed by atoms with Gasteiger partial charge in [0.1, 0.15) is 11.6 Å². The average Bonchev–Trinajstić information content (AvgIpc) is 2.54. The van der Waals surface area contributed by atoms with Crippen LogP contribution in [-0.2, 0) is 31.1 Å². The van der Waals surface area contributed by atoms with Crippen LogP contribution in [-0.4, -0.2) is 55.3 Å². The summed E-state index contributed by atoms with van der Waals surface area (Å²) in [6.45, 7) is 7.12. The number of hydroxylamine groups is 2. The summed E-state index contributed by atoms with van der Waals surface area (Å²) in [6, 6.07) is 5.01. The van der Waals surface area contributed by atoms with Gasteiger partial charge in [-0.25, -0.2) is 9.86 Å². The van der Waals surface area contributed by atoms with Crippen LogP contribution in [0.25, 0.3) is 0 Å². The molecule has 158 valence electrons. The Morgan fingerprint density at radius 1 is 1.21 bits per heavy atom. The van der Waals surface area contributed by atoms with Crippen LogP contribution in [0.2, 0.25) is 0 Å². The Balaban J connectivity index is 2.98. The second-order valence-electron chi connectivity index (χ2n) is 6.89. The van der Waals surface area contributed by atoms with Crippen molar-refractivity contribution in [1.82, 2.24) is 10.4 Å². The molecule has 0 heterocycles. The molecule has 3 N–H and O–H groups in total. The van der Waals surface area contributed by atoms with Crippen molar-refractivity contribution in [3.8, 4) is 0 Å². The van der Waals surface area contributed by atoms with E-state index >= 15 is 0 Å². The Bertz CT molecular complexity index is 769. The number of rotatable bonds is 8. The van der Waals surface area contributed by atoms with Crippen molar-refractivity contribution in [2.75, 3.05) is 18.4 Å². The van der Waals surface area contributed by atoms with Crippen LogP contribution in [0.1, 0.15) is 33.3 Å². The summed E-state index contributed by atoms with van der Waals surface area (Å²) in [5, 5.41) is 3.65. The molecule has 0 fully saturated rings. The summed E-state index contributed by atoms with van der Waals surface area (Å²) in [5.41, 5.74) is 0.0655. The van der Waals surface area contributed by atoms with E-state index in [1.807, 2.05) is 4.72 Å². The van der Waals surface area contributed by atoms with Gasteiger partial charge in [0.05, 0.1) is 12.8 Å². The highest BCUT2D eigenvalue weighted by Gasteiger charge is 2.28. The molecule has 0 aromatic heterocycles. The third kappa shape index (κ3) is 8.55. The molecule has 10 nitrogen and oxygen atoms in total. The molecule has 2 amide bonds. The minimum Gasteiger partial charge on any atom is -0.444 e.